The van der Waals surface area contributed by atoms with Gasteiger partial charge in [0.05, 0.1) is 0 Å². The van der Waals surface area contributed by atoms with Gasteiger partial charge in [0.25, 0.3) is 0 Å². The van der Waals surface area contributed by atoms with Gasteiger partial charge in [0, 0.05) is 27.5 Å². The summed E-state index contributed by atoms with van der Waals surface area (Å²) in [6, 6.07) is 74.8. The van der Waals surface area contributed by atoms with Gasteiger partial charge in [-0.05, 0) is 114 Å². The van der Waals surface area contributed by atoms with Crippen molar-refractivity contribution >= 4 is 54.3 Å². The third-order valence-corrected chi connectivity index (χ3v) is 11.9. The van der Waals surface area contributed by atoms with Crippen LogP contribution in [0.3, 0.4) is 0 Å². The molecule has 0 unspecified atom stereocenters. The number of fused-ring (bicyclic) bond motifs is 7. The molecule has 4 heteroatoms. The molecule has 0 atom stereocenters. The Balaban J connectivity index is 1.06. The molecule has 0 spiro atoms. The molecule has 0 fully saturated rings. The molecular weight excluding hydrogens is 743 g/mol. The molecule has 61 heavy (non-hydrogen) atoms. The van der Waals surface area contributed by atoms with Crippen LogP contribution in [0.15, 0.2) is 217 Å². The van der Waals surface area contributed by atoms with Crippen LogP contribution in [-0.2, 0) is 0 Å². The van der Waals surface area contributed by atoms with Gasteiger partial charge >= 0.3 is 0 Å². The van der Waals surface area contributed by atoms with E-state index in [2.05, 4.69) is 194 Å². The van der Waals surface area contributed by atoms with Gasteiger partial charge in [0.2, 0.25) is 0 Å². The van der Waals surface area contributed by atoms with Crippen LogP contribution < -0.4 is 0 Å². The topological polar surface area (TPSA) is 51.8 Å². The van der Waals surface area contributed by atoms with Crippen molar-refractivity contribution in [1.29, 1.82) is 0 Å². The number of aromatic nitrogens is 3. The summed E-state index contributed by atoms with van der Waals surface area (Å²) in [5, 5.41) is 9.19. The molecule has 284 valence electrons. The van der Waals surface area contributed by atoms with Crippen molar-refractivity contribution < 1.29 is 4.42 Å². The van der Waals surface area contributed by atoms with Gasteiger partial charge in [0.1, 0.15) is 11.2 Å². The average molecular weight is 778 g/mol. The number of benzene rings is 10. The second kappa shape index (κ2) is 14.3. The van der Waals surface area contributed by atoms with Crippen LogP contribution in [0.4, 0.5) is 0 Å². The number of hydrogen-bond acceptors (Lipinski definition) is 4. The lowest BCUT2D eigenvalue weighted by Gasteiger charge is -2.13. The molecule has 0 saturated heterocycles. The Bertz CT molecular complexity index is 3590. The van der Waals surface area contributed by atoms with Gasteiger partial charge in [-0.25, -0.2) is 15.0 Å². The minimum atomic E-state index is 0.611. The van der Waals surface area contributed by atoms with Gasteiger partial charge in [-0.3, -0.25) is 0 Å². The molecule has 0 amide bonds. The van der Waals surface area contributed by atoms with Crippen molar-refractivity contribution in [3.05, 3.63) is 212 Å². The standard InChI is InChI=1S/C57H35N3O/c1-3-12-36(13-4-1)45-32-46(37-14-5-2-6-15-37)34-47(33-45)57-59-55(58-56(60-57)43-29-26-40-25-24-39-16-7-8-17-48(39)51(40)35-43)42-28-23-38-22-27-41(30-44(38)31-42)49-19-11-21-53-54(49)50-18-9-10-20-52(50)61-53/h1-35H. The molecule has 0 bridgehead atoms. The SMILES string of the molecule is c1ccc(-c2cc(-c3ccccc3)cc(-c3nc(-c4ccc5ccc(-c6cccc7oc8ccccc8c67)cc5c4)nc(-c4ccc5ccc6ccccc6c5c4)n3)c2)cc1. The van der Waals surface area contributed by atoms with Crippen LogP contribution in [-0.4, -0.2) is 15.0 Å². The highest BCUT2D eigenvalue weighted by atomic mass is 16.3. The Morgan fingerprint density at radius 1 is 0.262 bits per heavy atom. The fourth-order valence-electron chi connectivity index (χ4n) is 8.82. The van der Waals surface area contributed by atoms with E-state index in [1.807, 2.05) is 18.2 Å². The first-order valence-electron chi connectivity index (χ1n) is 20.6. The molecular formula is C57H35N3O. The predicted octanol–water partition coefficient (Wildman–Crippen LogP) is 15.2. The average Bonchev–Trinajstić information content (AvgIpc) is 3.73. The van der Waals surface area contributed by atoms with E-state index >= 15 is 0 Å². The molecule has 0 aliphatic heterocycles. The fourth-order valence-corrected chi connectivity index (χ4v) is 8.82. The minimum absolute atomic E-state index is 0.611. The molecule has 0 saturated carbocycles. The van der Waals surface area contributed by atoms with E-state index < -0.39 is 0 Å². The summed E-state index contributed by atoms with van der Waals surface area (Å²) in [6.07, 6.45) is 0. The fraction of sp³-hybridized carbons (Fsp3) is 0. The Morgan fingerprint density at radius 2 is 0.770 bits per heavy atom. The Morgan fingerprint density at radius 3 is 1.49 bits per heavy atom. The zero-order valence-corrected chi connectivity index (χ0v) is 33.0. The van der Waals surface area contributed by atoms with E-state index in [-0.39, 0.29) is 0 Å². The lowest BCUT2D eigenvalue weighted by molar-refractivity contribution is 0.669. The maximum Gasteiger partial charge on any atom is 0.164 e. The van der Waals surface area contributed by atoms with Gasteiger partial charge in [-0.2, -0.15) is 0 Å². The van der Waals surface area contributed by atoms with Gasteiger partial charge in [-0.1, -0.05) is 164 Å². The number of para-hydroxylation sites is 1. The third-order valence-electron chi connectivity index (χ3n) is 11.9. The number of furan rings is 1. The Kier molecular flexibility index (Phi) is 8.13. The van der Waals surface area contributed by atoms with Crippen molar-refractivity contribution in [2.24, 2.45) is 0 Å². The quantitative estimate of drug-likeness (QED) is 0.158. The molecule has 0 N–H and O–H groups in total. The molecule has 4 nitrogen and oxygen atoms in total. The summed E-state index contributed by atoms with van der Waals surface area (Å²) < 4.78 is 6.26. The van der Waals surface area contributed by atoms with Crippen molar-refractivity contribution in [2.75, 3.05) is 0 Å². The number of rotatable bonds is 6. The smallest absolute Gasteiger partial charge is 0.164 e. The highest BCUT2D eigenvalue weighted by Gasteiger charge is 2.17. The molecule has 0 aliphatic rings. The summed E-state index contributed by atoms with van der Waals surface area (Å²) in [7, 11) is 0. The summed E-state index contributed by atoms with van der Waals surface area (Å²) in [5.41, 5.74) is 11.2. The largest absolute Gasteiger partial charge is 0.456 e. The number of nitrogens with zero attached hydrogens (tertiary/aromatic N) is 3. The molecule has 2 aromatic heterocycles. The first-order valence-corrected chi connectivity index (χ1v) is 20.6. The van der Waals surface area contributed by atoms with Crippen LogP contribution in [0.1, 0.15) is 0 Å². The zero-order valence-electron chi connectivity index (χ0n) is 33.0. The summed E-state index contributed by atoms with van der Waals surface area (Å²) >= 11 is 0. The Hall–Kier alpha value is -8.21. The third kappa shape index (κ3) is 6.21. The molecule has 0 aliphatic carbocycles. The lowest BCUT2D eigenvalue weighted by Crippen LogP contribution is -2.01. The van der Waals surface area contributed by atoms with Crippen molar-refractivity contribution in [3.63, 3.8) is 0 Å². The Labute approximate surface area is 352 Å². The van der Waals surface area contributed by atoms with Crippen molar-refractivity contribution in [3.8, 4) is 67.5 Å². The maximum absolute atomic E-state index is 6.26. The van der Waals surface area contributed by atoms with Gasteiger partial charge < -0.3 is 4.42 Å². The van der Waals surface area contributed by atoms with E-state index in [4.69, 9.17) is 19.4 Å². The normalized spacial score (nSPS) is 11.6. The van der Waals surface area contributed by atoms with E-state index in [1.54, 1.807) is 0 Å². The van der Waals surface area contributed by atoms with Crippen LogP contribution in [0, 0.1) is 0 Å². The zero-order chi connectivity index (χ0) is 40.3. The molecule has 10 aromatic carbocycles. The highest BCUT2D eigenvalue weighted by Crippen LogP contribution is 2.39. The first kappa shape index (κ1) is 34.8. The molecule has 0 radical (unpaired) electrons. The minimum Gasteiger partial charge on any atom is -0.456 e. The second-order valence-corrected chi connectivity index (χ2v) is 15.6. The summed E-state index contributed by atoms with van der Waals surface area (Å²) in [4.78, 5) is 15.9. The molecule has 12 aromatic rings. The maximum atomic E-state index is 6.26. The van der Waals surface area contributed by atoms with Gasteiger partial charge in [-0.15, -0.1) is 0 Å². The van der Waals surface area contributed by atoms with E-state index in [0.29, 0.717) is 17.5 Å². The predicted molar refractivity (Wildman–Crippen MR) is 252 cm³/mol. The van der Waals surface area contributed by atoms with Crippen LogP contribution in [0.5, 0.6) is 0 Å². The van der Waals surface area contributed by atoms with E-state index in [9.17, 15) is 0 Å². The van der Waals surface area contributed by atoms with Crippen LogP contribution in [0.2, 0.25) is 0 Å². The lowest BCUT2D eigenvalue weighted by atomic mass is 9.95. The van der Waals surface area contributed by atoms with E-state index in [0.717, 1.165) is 88.2 Å². The van der Waals surface area contributed by atoms with Crippen LogP contribution >= 0.6 is 0 Å². The number of hydrogen-bond donors (Lipinski definition) is 0. The van der Waals surface area contributed by atoms with Crippen molar-refractivity contribution in [1.82, 2.24) is 15.0 Å². The highest BCUT2D eigenvalue weighted by molar-refractivity contribution is 6.13. The summed E-state index contributed by atoms with van der Waals surface area (Å²) in [5.74, 6) is 1.84. The van der Waals surface area contributed by atoms with Gasteiger partial charge in [0.15, 0.2) is 17.5 Å². The summed E-state index contributed by atoms with van der Waals surface area (Å²) in [6.45, 7) is 0. The first-order chi connectivity index (χ1) is 30.2. The molecule has 12 rings (SSSR count). The monoisotopic (exact) mass is 777 g/mol. The second-order valence-electron chi connectivity index (χ2n) is 15.6. The van der Waals surface area contributed by atoms with Crippen molar-refractivity contribution in [2.45, 2.75) is 0 Å². The molecule has 2 heterocycles. The van der Waals surface area contributed by atoms with E-state index in [1.165, 1.54) is 16.2 Å². The van der Waals surface area contributed by atoms with Crippen LogP contribution in [0.25, 0.3) is 122 Å².